The van der Waals surface area contributed by atoms with Crippen molar-refractivity contribution in [3.8, 4) is 0 Å². The van der Waals surface area contributed by atoms with Crippen LogP contribution in [0.2, 0.25) is 0 Å². The van der Waals surface area contributed by atoms with Crippen molar-refractivity contribution < 1.29 is 4.79 Å². The fourth-order valence-corrected chi connectivity index (χ4v) is 3.02. The molecule has 1 aromatic carbocycles. The Balaban J connectivity index is 2.15. The van der Waals surface area contributed by atoms with Gasteiger partial charge in [-0.3, -0.25) is 4.79 Å². The molecule has 2 rings (SSSR count). The number of nitrogens with one attached hydrogen (secondary N) is 2. The Morgan fingerprint density at radius 3 is 2.89 bits per heavy atom. The van der Waals surface area contributed by atoms with E-state index in [0.29, 0.717) is 0 Å². The van der Waals surface area contributed by atoms with Gasteiger partial charge in [-0.2, -0.15) is 0 Å². The molecule has 0 aromatic heterocycles. The summed E-state index contributed by atoms with van der Waals surface area (Å²) in [5.74, 6) is 0.0760. The molecule has 0 radical (unpaired) electrons. The van der Waals surface area contributed by atoms with E-state index in [1.165, 1.54) is 5.56 Å². The van der Waals surface area contributed by atoms with E-state index < -0.39 is 0 Å². The van der Waals surface area contributed by atoms with Crippen molar-refractivity contribution >= 4 is 27.5 Å². The minimum atomic E-state index is -0.385. The van der Waals surface area contributed by atoms with Crippen LogP contribution in [0.3, 0.4) is 0 Å². The first kappa shape index (κ1) is 13.6. The van der Waals surface area contributed by atoms with Gasteiger partial charge in [-0.05, 0) is 66.4 Å². The van der Waals surface area contributed by atoms with Crippen molar-refractivity contribution in [1.82, 2.24) is 5.32 Å². The highest BCUT2D eigenvalue weighted by Crippen LogP contribution is 2.28. The van der Waals surface area contributed by atoms with Crippen LogP contribution < -0.4 is 10.6 Å². The molecule has 1 atom stereocenters. The summed E-state index contributed by atoms with van der Waals surface area (Å²) >= 11 is 3.49. The van der Waals surface area contributed by atoms with Crippen molar-refractivity contribution in [1.29, 1.82) is 0 Å². The zero-order chi connectivity index (χ0) is 13.2. The Labute approximate surface area is 116 Å². The molecule has 1 aromatic rings. The average Bonchev–Trinajstić information content (AvgIpc) is 2.82. The molecule has 98 valence electrons. The van der Waals surface area contributed by atoms with Gasteiger partial charge < -0.3 is 10.6 Å². The lowest BCUT2D eigenvalue weighted by molar-refractivity contribution is -0.122. The van der Waals surface area contributed by atoms with Crippen molar-refractivity contribution in [2.75, 3.05) is 11.9 Å². The number of rotatable bonds is 3. The summed E-state index contributed by atoms with van der Waals surface area (Å²) in [7, 11) is 0. The SMILES string of the molecule is CCC1(C(=O)Nc2ccc(C)cc2Br)CCCN1. The first-order valence-electron chi connectivity index (χ1n) is 6.40. The van der Waals surface area contributed by atoms with Crippen molar-refractivity contribution in [2.45, 2.75) is 38.6 Å². The topological polar surface area (TPSA) is 41.1 Å². The molecule has 0 bridgehead atoms. The lowest BCUT2D eigenvalue weighted by Crippen LogP contribution is -2.50. The number of halogens is 1. The lowest BCUT2D eigenvalue weighted by atomic mass is 9.93. The second-order valence-electron chi connectivity index (χ2n) is 4.90. The number of carbonyl (C=O) groups excluding carboxylic acids is 1. The van der Waals surface area contributed by atoms with Crippen LogP contribution in [-0.2, 0) is 4.79 Å². The summed E-state index contributed by atoms with van der Waals surface area (Å²) in [6.45, 7) is 5.01. The molecule has 3 nitrogen and oxygen atoms in total. The number of carbonyl (C=O) groups is 1. The van der Waals surface area contributed by atoms with Crippen molar-refractivity contribution in [2.24, 2.45) is 0 Å². The van der Waals surface area contributed by atoms with E-state index in [1.807, 2.05) is 25.1 Å². The largest absolute Gasteiger partial charge is 0.323 e. The molecular formula is C14H19BrN2O. The van der Waals surface area contributed by atoms with Crippen LogP contribution in [0.5, 0.6) is 0 Å². The molecule has 0 saturated carbocycles. The Hall–Kier alpha value is -0.870. The maximum atomic E-state index is 12.4. The first-order chi connectivity index (χ1) is 8.57. The quantitative estimate of drug-likeness (QED) is 0.900. The summed E-state index contributed by atoms with van der Waals surface area (Å²) in [5, 5.41) is 6.37. The molecule has 18 heavy (non-hydrogen) atoms. The van der Waals surface area contributed by atoms with Gasteiger partial charge in [0, 0.05) is 4.47 Å². The number of benzene rings is 1. The second kappa shape index (κ2) is 5.41. The summed E-state index contributed by atoms with van der Waals surface area (Å²) in [5.41, 5.74) is 1.63. The zero-order valence-corrected chi connectivity index (χ0v) is 12.4. The molecule has 1 fully saturated rings. The Morgan fingerprint density at radius 1 is 1.56 bits per heavy atom. The zero-order valence-electron chi connectivity index (χ0n) is 10.8. The third-order valence-corrected chi connectivity index (χ3v) is 4.31. The predicted octanol–water partition coefficient (Wildman–Crippen LogP) is 3.23. The van der Waals surface area contributed by atoms with Crippen LogP contribution in [0.4, 0.5) is 5.69 Å². The van der Waals surface area contributed by atoms with Gasteiger partial charge in [0.15, 0.2) is 0 Å². The minimum Gasteiger partial charge on any atom is -0.323 e. The van der Waals surface area contributed by atoms with Gasteiger partial charge in [0.25, 0.3) is 0 Å². The molecule has 1 heterocycles. The van der Waals surface area contributed by atoms with E-state index in [1.54, 1.807) is 0 Å². The Bertz CT molecular complexity index is 453. The van der Waals surface area contributed by atoms with E-state index in [4.69, 9.17) is 0 Å². The standard InChI is InChI=1S/C14H19BrN2O/c1-3-14(7-4-8-16-14)13(18)17-12-6-5-10(2)9-11(12)15/h5-6,9,16H,3-4,7-8H2,1-2H3,(H,17,18). The lowest BCUT2D eigenvalue weighted by Gasteiger charge is -2.27. The van der Waals surface area contributed by atoms with Crippen LogP contribution >= 0.6 is 15.9 Å². The summed E-state index contributed by atoms with van der Waals surface area (Å²) in [4.78, 5) is 12.4. The van der Waals surface area contributed by atoms with Crippen LogP contribution in [0.15, 0.2) is 22.7 Å². The number of hydrogen-bond donors (Lipinski definition) is 2. The third kappa shape index (κ3) is 2.59. The minimum absolute atomic E-state index is 0.0760. The van der Waals surface area contributed by atoms with Gasteiger partial charge in [-0.25, -0.2) is 0 Å². The number of anilines is 1. The molecule has 4 heteroatoms. The fraction of sp³-hybridized carbons (Fsp3) is 0.500. The van der Waals surface area contributed by atoms with Gasteiger partial charge in [-0.1, -0.05) is 13.0 Å². The van der Waals surface area contributed by atoms with Crippen LogP contribution in [0.1, 0.15) is 31.7 Å². The smallest absolute Gasteiger partial charge is 0.244 e. The highest BCUT2D eigenvalue weighted by Gasteiger charge is 2.39. The summed E-state index contributed by atoms with van der Waals surface area (Å²) in [6, 6.07) is 5.95. The molecule has 1 saturated heterocycles. The molecular weight excluding hydrogens is 292 g/mol. The van der Waals surface area contributed by atoms with E-state index in [9.17, 15) is 4.79 Å². The van der Waals surface area contributed by atoms with E-state index in [2.05, 4.69) is 33.5 Å². The van der Waals surface area contributed by atoms with Gasteiger partial charge >= 0.3 is 0 Å². The highest BCUT2D eigenvalue weighted by atomic mass is 79.9. The van der Waals surface area contributed by atoms with E-state index in [-0.39, 0.29) is 11.4 Å². The maximum Gasteiger partial charge on any atom is 0.244 e. The molecule has 1 amide bonds. The van der Waals surface area contributed by atoms with Crippen LogP contribution in [0, 0.1) is 6.92 Å². The first-order valence-corrected chi connectivity index (χ1v) is 7.19. The maximum absolute atomic E-state index is 12.4. The second-order valence-corrected chi connectivity index (χ2v) is 5.76. The van der Waals surface area contributed by atoms with Gasteiger partial charge in [0.1, 0.15) is 0 Å². The number of hydrogen-bond acceptors (Lipinski definition) is 2. The van der Waals surface area contributed by atoms with Gasteiger partial charge in [0.2, 0.25) is 5.91 Å². The predicted molar refractivity (Wildman–Crippen MR) is 77.8 cm³/mol. The normalized spacial score (nSPS) is 23.1. The van der Waals surface area contributed by atoms with Gasteiger partial charge in [0.05, 0.1) is 11.2 Å². The summed E-state index contributed by atoms with van der Waals surface area (Å²) in [6.07, 6.45) is 2.80. The highest BCUT2D eigenvalue weighted by molar-refractivity contribution is 9.10. The van der Waals surface area contributed by atoms with Crippen LogP contribution in [0.25, 0.3) is 0 Å². The molecule has 0 spiro atoms. The Morgan fingerprint density at radius 2 is 2.33 bits per heavy atom. The molecule has 1 aliphatic rings. The fourth-order valence-electron chi connectivity index (χ4n) is 2.43. The molecule has 1 unspecified atom stereocenters. The Kier molecular flexibility index (Phi) is 4.07. The molecule has 1 aliphatic heterocycles. The van der Waals surface area contributed by atoms with E-state index >= 15 is 0 Å². The summed E-state index contributed by atoms with van der Waals surface area (Å²) < 4.78 is 0.931. The third-order valence-electron chi connectivity index (χ3n) is 3.65. The van der Waals surface area contributed by atoms with Crippen molar-refractivity contribution in [3.05, 3.63) is 28.2 Å². The van der Waals surface area contributed by atoms with Gasteiger partial charge in [-0.15, -0.1) is 0 Å². The monoisotopic (exact) mass is 310 g/mol. The van der Waals surface area contributed by atoms with Crippen molar-refractivity contribution in [3.63, 3.8) is 0 Å². The van der Waals surface area contributed by atoms with Crippen LogP contribution in [-0.4, -0.2) is 18.0 Å². The number of amides is 1. The molecule has 0 aliphatic carbocycles. The van der Waals surface area contributed by atoms with E-state index in [0.717, 1.165) is 36.0 Å². The average molecular weight is 311 g/mol. The number of aryl methyl sites for hydroxylation is 1. The molecule has 2 N–H and O–H groups in total.